The van der Waals surface area contributed by atoms with Crippen molar-refractivity contribution in [1.29, 1.82) is 0 Å². The fourth-order valence-corrected chi connectivity index (χ4v) is 3.82. The number of unbranched alkanes of at least 4 members (excludes halogenated alkanes) is 1. The average Bonchev–Trinajstić information content (AvgIpc) is 3.21. The Hall–Kier alpha value is -2.93. The van der Waals surface area contributed by atoms with Crippen molar-refractivity contribution in [3.8, 4) is 5.69 Å². The third-order valence-electron chi connectivity index (χ3n) is 5.25. The lowest BCUT2D eigenvalue weighted by Gasteiger charge is -2.22. The number of anilines is 1. The van der Waals surface area contributed by atoms with E-state index in [-0.39, 0.29) is 23.8 Å². The molecule has 0 fully saturated rings. The molecule has 3 rings (SSSR count). The van der Waals surface area contributed by atoms with Gasteiger partial charge in [0.05, 0.1) is 16.9 Å². The largest absolute Gasteiger partial charge is 0.329 e. The van der Waals surface area contributed by atoms with Crippen LogP contribution in [0.25, 0.3) is 5.69 Å². The third kappa shape index (κ3) is 6.32. The van der Waals surface area contributed by atoms with Crippen LogP contribution in [0.1, 0.15) is 56.6 Å². The molecule has 2 amide bonds. The van der Waals surface area contributed by atoms with Crippen molar-refractivity contribution in [3.05, 3.63) is 76.4 Å². The summed E-state index contributed by atoms with van der Waals surface area (Å²) in [6, 6.07) is 18.9. The number of carbonyl (C=O) groups excluding carboxylic acids is 2. The fraction of sp³-hybridized carbons (Fsp3) is 0.346. The number of nitrogens with zero attached hydrogens (tertiary/aromatic N) is 3. The first-order chi connectivity index (χ1) is 15.7. The monoisotopic (exact) mass is 510 g/mol. The van der Waals surface area contributed by atoms with E-state index in [2.05, 4.69) is 48.9 Å². The molecule has 1 aromatic heterocycles. The third-order valence-corrected chi connectivity index (χ3v) is 5.95. The van der Waals surface area contributed by atoms with Gasteiger partial charge in [-0.25, -0.2) is 4.68 Å². The zero-order valence-corrected chi connectivity index (χ0v) is 21.2. The molecule has 0 atom stereocenters. The maximum atomic E-state index is 13.2. The molecule has 0 unspecified atom stereocenters. The van der Waals surface area contributed by atoms with E-state index in [0.717, 1.165) is 24.2 Å². The number of hydrogen-bond donors (Lipinski definition) is 1. The minimum Gasteiger partial charge on any atom is -0.329 e. The Morgan fingerprint density at radius 1 is 1.06 bits per heavy atom. The van der Waals surface area contributed by atoms with Crippen molar-refractivity contribution in [2.24, 2.45) is 0 Å². The summed E-state index contributed by atoms with van der Waals surface area (Å²) in [6.07, 6.45) is 1.75. The van der Waals surface area contributed by atoms with Gasteiger partial charge in [0.25, 0.3) is 5.91 Å². The lowest BCUT2D eigenvalue weighted by Crippen LogP contribution is -2.39. The Balaban J connectivity index is 1.85. The molecule has 0 aliphatic heterocycles. The van der Waals surface area contributed by atoms with Crippen molar-refractivity contribution in [2.45, 2.75) is 46.0 Å². The lowest BCUT2D eigenvalue weighted by atomic mass is 9.92. The highest BCUT2D eigenvalue weighted by atomic mass is 79.9. The van der Waals surface area contributed by atoms with Gasteiger partial charge in [-0.15, -0.1) is 0 Å². The summed E-state index contributed by atoms with van der Waals surface area (Å²) in [5.74, 6) is 0.155. The quantitative estimate of drug-likeness (QED) is 0.415. The molecular weight excluding hydrogens is 480 g/mol. The van der Waals surface area contributed by atoms with E-state index in [1.54, 1.807) is 15.6 Å². The van der Waals surface area contributed by atoms with Crippen LogP contribution in [0.3, 0.4) is 0 Å². The summed E-state index contributed by atoms with van der Waals surface area (Å²) in [7, 11) is 0. The van der Waals surface area contributed by atoms with E-state index < -0.39 is 0 Å². The zero-order valence-electron chi connectivity index (χ0n) is 19.6. The molecule has 2 aromatic carbocycles. The molecule has 0 aliphatic rings. The number of para-hydroxylation sites is 1. The molecule has 0 saturated carbocycles. The van der Waals surface area contributed by atoms with E-state index in [9.17, 15) is 9.59 Å². The predicted molar refractivity (Wildman–Crippen MR) is 136 cm³/mol. The van der Waals surface area contributed by atoms with Gasteiger partial charge in [-0.1, -0.05) is 64.4 Å². The number of hydrogen-bond acceptors (Lipinski definition) is 3. The van der Waals surface area contributed by atoms with E-state index in [4.69, 9.17) is 5.10 Å². The number of benzene rings is 2. The zero-order chi connectivity index (χ0) is 24.0. The number of amides is 2. The molecule has 0 radical (unpaired) electrons. The Bertz CT molecular complexity index is 1100. The summed E-state index contributed by atoms with van der Waals surface area (Å²) in [5.41, 5.74) is 2.09. The highest BCUT2D eigenvalue weighted by molar-refractivity contribution is 9.10. The number of halogens is 1. The molecule has 7 heteroatoms. The second kappa shape index (κ2) is 10.8. The van der Waals surface area contributed by atoms with Crippen LogP contribution in [0.5, 0.6) is 0 Å². The first-order valence-corrected chi connectivity index (χ1v) is 12.0. The molecular formula is C26H31BrN4O2. The fourth-order valence-electron chi connectivity index (χ4n) is 3.36. The Morgan fingerprint density at radius 2 is 1.73 bits per heavy atom. The van der Waals surface area contributed by atoms with E-state index in [1.165, 1.54) is 0 Å². The minimum atomic E-state index is -0.260. The highest BCUT2D eigenvalue weighted by Gasteiger charge is 2.24. The van der Waals surface area contributed by atoms with Crippen molar-refractivity contribution >= 4 is 33.6 Å². The van der Waals surface area contributed by atoms with Crippen molar-refractivity contribution in [1.82, 2.24) is 14.7 Å². The smallest absolute Gasteiger partial charge is 0.255 e. The maximum Gasteiger partial charge on any atom is 0.255 e. The van der Waals surface area contributed by atoms with E-state index >= 15 is 0 Å². The van der Waals surface area contributed by atoms with Crippen LogP contribution in [-0.2, 0) is 10.2 Å². The highest BCUT2D eigenvalue weighted by Crippen LogP contribution is 2.26. The molecule has 33 heavy (non-hydrogen) atoms. The van der Waals surface area contributed by atoms with Gasteiger partial charge in [-0.3, -0.25) is 9.59 Å². The van der Waals surface area contributed by atoms with E-state index in [1.807, 2.05) is 54.6 Å². The topological polar surface area (TPSA) is 67.2 Å². The van der Waals surface area contributed by atoms with Gasteiger partial charge in [0.1, 0.15) is 12.4 Å². The average molecular weight is 511 g/mol. The van der Waals surface area contributed by atoms with Gasteiger partial charge < -0.3 is 10.2 Å². The first-order valence-electron chi connectivity index (χ1n) is 11.2. The van der Waals surface area contributed by atoms with Crippen molar-refractivity contribution in [3.63, 3.8) is 0 Å². The summed E-state index contributed by atoms with van der Waals surface area (Å²) in [5, 5.41) is 7.73. The SMILES string of the molecule is CCCCN(CC(=O)Nc1cc(C(C)(C)C)nn1-c1ccccc1)C(=O)c1ccccc1Br. The van der Waals surface area contributed by atoms with Crippen LogP contribution in [0.4, 0.5) is 5.82 Å². The molecule has 0 bridgehead atoms. The summed E-state index contributed by atoms with van der Waals surface area (Å²) < 4.78 is 2.46. The van der Waals surface area contributed by atoms with Gasteiger partial charge in [0, 0.05) is 22.5 Å². The number of carbonyl (C=O) groups is 2. The summed E-state index contributed by atoms with van der Waals surface area (Å²) in [6.45, 7) is 8.78. The predicted octanol–water partition coefficient (Wildman–Crippen LogP) is 5.81. The Morgan fingerprint density at radius 3 is 2.36 bits per heavy atom. The molecule has 6 nitrogen and oxygen atoms in total. The standard InChI is InChI=1S/C26H31BrN4O2/c1-5-6-16-30(25(33)20-14-10-11-15-21(20)27)18-24(32)28-23-17-22(26(2,3)4)29-31(23)19-12-8-7-9-13-19/h7-15,17H,5-6,16,18H2,1-4H3,(H,28,32). The van der Waals surface area contributed by atoms with Crippen LogP contribution in [0, 0.1) is 0 Å². The van der Waals surface area contributed by atoms with Crippen LogP contribution < -0.4 is 5.32 Å². The van der Waals surface area contributed by atoms with Crippen LogP contribution >= 0.6 is 15.9 Å². The van der Waals surface area contributed by atoms with Crippen LogP contribution in [-0.4, -0.2) is 39.6 Å². The molecule has 0 saturated heterocycles. The maximum absolute atomic E-state index is 13.2. The van der Waals surface area contributed by atoms with Gasteiger partial charge >= 0.3 is 0 Å². The lowest BCUT2D eigenvalue weighted by molar-refractivity contribution is -0.117. The van der Waals surface area contributed by atoms with Gasteiger partial charge in [-0.2, -0.15) is 5.10 Å². The van der Waals surface area contributed by atoms with Crippen molar-refractivity contribution in [2.75, 3.05) is 18.4 Å². The number of rotatable bonds is 8. The first kappa shape index (κ1) is 24.7. The van der Waals surface area contributed by atoms with Gasteiger partial charge in [-0.05, 0) is 46.6 Å². The van der Waals surface area contributed by atoms with Gasteiger partial charge in [0.15, 0.2) is 0 Å². The summed E-state index contributed by atoms with van der Waals surface area (Å²) >= 11 is 3.45. The Kier molecular flexibility index (Phi) is 8.08. The van der Waals surface area contributed by atoms with Crippen molar-refractivity contribution < 1.29 is 9.59 Å². The molecule has 1 heterocycles. The second-order valence-electron chi connectivity index (χ2n) is 9.02. The van der Waals surface area contributed by atoms with Crippen LogP contribution in [0.2, 0.25) is 0 Å². The van der Waals surface area contributed by atoms with Crippen LogP contribution in [0.15, 0.2) is 65.1 Å². The summed E-state index contributed by atoms with van der Waals surface area (Å²) in [4.78, 5) is 27.9. The molecule has 0 spiro atoms. The number of nitrogens with one attached hydrogen (secondary N) is 1. The molecule has 1 N–H and O–H groups in total. The molecule has 3 aromatic rings. The van der Waals surface area contributed by atoms with Gasteiger partial charge in [0.2, 0.25) is 5.91 Å². The van der Waals surface area contributed by atoms with E-state index in [0.29, 0.717) is 22.4 Å². The molecule has 0 aliphatic carbocycles. The second-order valence-corrected chi connectivity index (χ2v) is 9.87. The minimum absolute atomic E-state index is 0.0367. The normalized spacial score (nSPS) is 11.3. The molecule has 174 valence electrons. The number of aromatic nitrogens is 2. The Labute approximate surface area is 204 Å².